The Bertz CT molecular complexity index is 813. The van der Waals surface area contributed by atoms with Gasteiger partial charge in [-0.15, -0.1) is 18.1 Å². The Balaban J connectivity index is -0.0000000363. The van der Waals surface area contributed by atoms with Crippen molar-refractivity contribution in [2.24, 2.45) is 43.3 Å². The summed E-state index contributed by atoms with van der Waals surface area (Å²) in [6.45, 7) is 55.3. The van der Waals surface area contributed by atoms with E-state index in [1.54, 1.807) is 0 Å². The fourth-order valence-electron chi connectivity index (χ4n) is 9.45. The third-order valence-electron chi connectivity index (χ3n) is 9.22. The van der Waals surface area contributed by atoms with Crippen molar-refractivity contribution < 1.29 is 166 Å². The number of carbonyl (C=O) groups excluding carboxylic acids is 2. The van der Waals surface area contributed by atoms with Crippen molar-refractivity contribution in [1.82, 2.24) is 5.32 Å². The van der Waals surface area contributed by atoms with Crippen molar-refractivity contribution in [1.29, 1.82) is 0 Å². The zero-order valence-corrected chi connectivity index (χ0v) is 57.2. The minimum absolute atomic E-state index is 0. The van der Waals surface area contributed by atoms with Gasteiger partial charge in [-0.3, -0.25) is 0 Å². The number of hydrogen-bond acceptors (Lipinski definition) is 3. The van der Waals surface area contributed by atoms with Crippen molar-refractivity contribution in [3.8, 4) is 0 Å². The second-order valence-electron chi connectivity index (χ2n) is 24.1. The van der Waals surface area contributed by atoms with Crippen LogP contribution in [0.25, 0.3) is 34.0 Å². The van der Waals surface area contributed by atoms with E-state index in [1.165, 1.54) is 45.4 Å². The number of aldehydes is 1. The van der Waals surface area contributed by atoms with Gasteiger partial charge < -0.3 is 48.9 Å². The summed E-state index contributed by atoms with van der Waals surface area (Å²) in [6, 6.07) is 1.88. The molecule has 0 heterocycles. The molecule has 1 aliphatic rings. The maximum absolute atomic E-state index is 9.11. The van der Waals surface area contributed by atoms with Gasteiger partial charge in [0.1, 0.15) is 7.63 Å². The smallest absolute Gasteiger partial charge is 0.693 e. The van der Waals surface area contributed by atoms with Crippen molar-refractivity contribution in [3.05, 3.63) is 34.0 Å². The number of nitrogens with two attached hydrogens (primary N) is 2. The van der Waals surface area contributed by atoms with Crippen LogP contribution in [-0.2, 0) is 9.59 Å². The van der Waals surface area contributed by atoms with E-state index < -0.39 is 12.6 Å². The van der Waals surface area contributed by atoms with Gasteiger partial charge in [-0.05, 0) is 24.8 Å². The molecular weight excluding hydrogens is 884 g/mol. The molecule has 65 heavy (non-hydrogen) atoms. The summed E-state index contributed by atoms with van der Waals surface area (Å²) in [5.41, 5.74) is 8.00. The number of hydrogen-bond donors (Lipinski definition) is 1. The average Bonchev–Trinajstić information content (AvgIpc) is 2.90. The molecule has 0 bridgehead atoms. The monoisotopic (exact) mass is 1010 g/mol. The van der Waals surface area contributed by atoms with Crippen LogP contribution in [0, 0.1) is 43.3 Å². The maximum Gasteiger partial charge on any atom is 1.00 e. The Hall–Kier alpha value is 3.81. The first-order valence-electron chi connectivity index (χ1n) is 22.4. The van der Waals surface area contributed by atoms with Gasteiger partial charge in [0, 0.05) is 12.4 Å². The SMILES string of the molecule is C.C.C.C.C1CCCCC1.CNC(C(C)(C)C)C(C)(C)C.C[N-]C(C(C)(C)C)C(C)(C)C.C[N-]C(C(C)(C)C)C(C)(C)C.C[N-]C(C(C)(C)C)C(C)(C)C.[2H]C(C)=O.[2H]C([NH-])=O.[K+].[K+].[K+].[NH2-].[NH2-]. The zero-order valence-electron chi connectivity index (χ0n) is 49.9. The normalized spacial score (nSPS) is 12.6. The van der Waals surface area contributed by atoms with Crippen LogP contribution >= 0.6 is 0 Å². The summed E-state index contributed by atoms with van der Waals surface area (Å²) in [4.78, 5) is 17.9. The van der Waals surface area contributed by atoms with Crippen LogP contribution in [0.4, 0.5) is 0 Å². The van der Waals surface area contributed by atoms with Crippen molar-refractivity contribution in [2.45, 2.75) is 265 Å². The van der Waals surface area contributed by atoms with Gasteiger partial charge in [0.15, 0.2) is 0 Å². The predicted molar refractivity (Wildman–Crippen MR) is 295 cm³/mol. The van der Waals surface area contributed by atoms with Gasteiger partial charge in [0.05, 0.1) is 1.37 Å². The molecule has 0 radical (unpaired) electrons. The number of carbonyl (C=O) groups is 2. The molecule has 1 amide bonds. The topological polar surface area (TPSA) is 179 Å². The second-order valence-corrected chi connectivity index (χ2v) is 24.1. The molecule has 1 aliphatic carbocycles. The second kappa shape index (κ2) is 52.7. The molecule has 0 atom stereocenters. The molecule has 0 aromatic carbocycles. The van der Waals surface area contributed by atoms with Crippen molar-refractivity contribution in [3.63, 3.8) is 0 Å². The van der Waals surface area contributed by atoms with Crippen LogP contribution in [0.15, 0.2) is 0 Å². The molecule has 0 aliphatic heterocycles. The van der Waals surface area contributed by atoms with E-state index >= 15 is 0 Å². The molecule has 0 saturated heterocycles. The van der Waals surface area contributed by atoms with Crippen LogP contribution in [0.5, 0.6) is 0 Å². The van der Waals surface area contributed by atoms with Crippen LogP contribution in [-0.4, -0.2) is 65.0 Å². The van der Waals surface area contributed by atoms with Crippen LogP contribution in [0.2, 0.25) is 0 Å². The van der Waals surface area contributed by atoms with Crippen LogP contribution in [0.3, 0.4) is 0 Å². The largest absolute Gasteiger partial charge is 1.00 e. The Morgan fingerprint density at radius 1 is 0.431 bits per heavy atom. The van der Waals surface area contributed by atoms with Crippen molar-refractivity contribution >= 4 is 12.6 Å². The van der Waals surface area contributed by atoms with Gasteiger partial charge in [0.2, 0.25) is 0 Å². The van der Waals surface area contributed by atoms with E-state index in [9.17, 15) is 0 Å². The Labute approximate surface area is 546 Å². The predicted octanol–water partition coefficient (Wildman–Crippen LogP) is 10.8. The first kappa shape index (κ1) is 102. The minimum atomic E-state index is -1.33. The molecule has 12 heteroatoms. The molecule has 1 rings (SSSR count). The van der Waals surface area contributed by atoms with Crippen LogP contribution in [0.1, 0.15) is 244 Å². The van der Waals surface area contributed by atoms with Gasteiger partial charge >= 0.3 is 154 Å². The van der Waals surface area contributed by atoms with Gasteiger partial charge in [-0.25, -0.2) is 0 Å². The molecule has 1 fully saturated rings. The molecule has 1 saturated carbocycles. The van der Waals surface area contributed by atoms with E-state index in [0.29, 0.717) is 35.0 Å². The number of amides is 1. The number of rotatable bonds is 4. The Kier molecular flexibility index (Phi) is 82.3. The first-order valence-corrected chi connectivity index (χ1v) is 21.4. The minimum Gasteiger partial charge on any atom is -0.693 e. The fraction of sp³-hybridized carbons (Fsp3) is 0.962. The van der Waals surface area contributed by atoms with E-state index in [1.807, 2.05) is 28.2 Å². The third kappa shape index (κ3) is 67.8. The van der Waals surface area contributed by atoms with E-state index in [4.69, 9.17) is 18.1 Å². The molecule has 0 aromatic rings. The molecule has 9 nitrogen and oxygen atoms in total. The summed E-state index contributed by atoms with van der Waals surface area (Å²) < 4.78 is 11.6. The standard InChI is InChI=1S/C10H23N.3C10H22N.C6H12.C2H4O.CH3NO.4CH4.3K.2H2N/c4*1-9(2,3)8(11-7)10(4,5)6;1-2-4-6-5-3-1;1-2-3;2-1-3;;;;;;;;;/h8,11H,1-7H3;3*8H,1-7H3;1-6H2;2H,1H3;1H,(H2,2,3);4*1H4;;;;2*1H2/q;3*-1;;;;;;;;3*+1;2*-1/p-1/i;;;;;2D;1D;;;;;;;;;. The van der Waals surface area contributed by atoms with Gasteiger partial charge in [-0.2, -0.15) is 21.1 Å². The number of nitrogens with one attached hydrogen (secondary N) is 2. The first-order chi connectivity index (χ1) is 25.2. The summed E-state index contributed by atoms with van der Waals surface area (Å²) in [5, 5.41) is 16.7. The molecule has 6 N–H and O–H groups in total. The Morgan fingerprint density at radius 3 is 0.554 bits per heavy atom. The maximum atomic E-state index is 9.11. The zero-order chi connectivity index (χ0) is 48.5. The molecule has 0 unspecified atom stereocenters. The fourth-order valence-corrected chi connectivity index (χ4v) is 9.45. The van der Waals surface area contributed by atoms with Crippen molar-refractivity contribution in [2.75, 3.05) is 28.2 Å². The molecule has 0 spiro atoms. The molecule has 392 valence electrons. The summed E-state index contributed by atoms with van der Waals surface area (Å²) in [7, 11) is 7.80. The summed E-state index contributed by atoms with van der Waals surface area (Å²) in [6.07, 6.45) is 7.08. The molecular formula is C53H127K3N7O2-3. The van der Waals surface area contributed by atoms with Crippen LogP contribution < -0.4 is 159 Å². The van der Waals surface area contributed by atoms with Gasteiger partial charge in [0.25, 0.3) is 0 Å². The molecule has 0 aromatic heterocycles. The number of nitrogens with zero attached hydrogens (tertiary/aromatic N) is 3. The summed E-state index contributed by atoms with van der Waals surface area (Å²) in [5.74, 6) is 0. The van der Waals surface area contributed by atoms with Gasteiger partial charge in [-0.1, -0.05) is 267 Å². The third-order valence-corrected chi connectivity index (χ3v) is 9.22. The Morgan fingerprint density at radius 2 is 0.538 bits per heavy atom. The summed E-state index contributed by atoms with van der Waals surface area (Å²) >= 11 is 0. The quantitative estimate of drug-likeness (QED) is 0.218. The average molecular weight is 1010 g/mol. The van der Waals surface area contributed by atoms with E-state index in [-0.39, 0.29) is 229 Å². The van der Waals surface area contributed by atoms with E-state index in [2.05, 4.69) is 187 Å². The van der Waals surface area contributed by atoms with E-state index in [0.717, 1.165) is 0 Å².